The molecule has 0 saturated carbocycles. The first-order chi connectivity index (χ1) is 10.9. The van der Waals surface area contributed by atoms with Crippen molar-refractivity contribution >= 4 is 22.5 Å². The van der Waals surface area contributed by atoms with Crippen LogP contribution in [-0.2, 0) is 5.75 Å². The molecule has 0 aliphatic heterocycles. The van der Waals surface area contributed by atoms with E-state index in [0.29, 0.717) is 0 Å². The molecule has 0 bridgehead atoms. The molecule has 2 aromatic carbocycles. The van der Waals surface area contributed by atoms with Crippen molar-refractivity contribution in [3.05, 3.63) is 59.9 Å². The Morgan fingerprint density at radius 3 is 2.17 bits per heavy atom. The first-order valence-electron chi connectivity index (χ1n) is 7.49. The van der Waals surface area contributed by atoms with Gasteiger partial charge in [0.05, 0.1) is 17.8 Å². The van der Waals surface area contributed by atoms with Crippen LogP contribution in [0.1, 0.15) is 26.3 Å². The summed E-state index contributed by atoms with van der Waals surface area (Å²) in [6.07, 6.45) is 0. The van der Waals surface area contributed by atoms with Crippen LogP contribution in [0, 0.1) is 11.2 Å². The molecule has 2 aromatic rings. The SMILES string of the molecule is COc1ccc(CS/C(=N\c2ccc(F)cc2)C(C)(C)C)cc1. The first kappa shape index (κ1) is 17.5. The second kappa shape index (κ2) is 7.64. The highest BCUT2D eigenvalue weighted by Crippen LogP contribution is 2.30. The van der Waals surface area contributed by atoms with Crippen LogP contribution >= 0.6 is 11.8 Å². The fraction of sp³-hybridized carbons (Fsp3) is 0.316. The highest BCUT2D eigenvalue weighted by atomic mass is 32.2. The minimum absolute atomic E-state index is 0.0640. The second-order valence-corrected chi connectivity index (χ2v) is 7.24. The van der Waals surface area contributed by atoms with E-state index >= 15 is 0 Å². The Balaban J connectivity index is 2.14. The largest absolute Gasteiger partial charge is 0.497 e. The zero-order chi connectivity index (χ0) is 16.9. The maximum absolute atomic E-state index is 13.0. The Hall–Kier alpha value is -1.81. The third kappa shape index (κ3) is 5.39. The van der Waals surface area contributed by atoms with Crippen molar-refractivity contribution in [1.29, 1.82) is 0 Å². The smallest absolute Gasteiger partial charge is 0.123 e. The Kier molecular flexibility index (Phi) is 5.83. The normalized spacial score (nSPS) is 12.3. The lowest BCUT2D eigenvalue weighted by Crippen LogP contribution is -2.17. The maximum atomic E-state index is 13.0. The van der Waals surface area contributed by atoms with E-state index in [-0.39, 0.29) is 11.2 Å². The summed E-state index contributed by atoms with van der Waals surface area (Å²) in [4.78, 5) is 4.71. The number of rotatable bonds is 4. The number of nitrogens with zero attached hydrogens (tertiary/aromatic N) is 1. The van der Waals surface area contributed by atoms with E-state index in [0.717, 1.165) is 22.2 Å². The molecule has 2 rings (SSSR count). The minimum atomic E-state index is -0.243. The van der Waals surface area contributed by atoms with Crippen molar-refractivity contribution < 1.29 is 9.13 Å². The molecule has 2 nitrogen and oxygen atoms in total. The average Bonchev–Trinajstić information content (AvgIpc) is 2.52. The van der Waals surface area contributed by atoms with Gasteiger partial charge in [-0.25, -0.2) is 9.38 Å². The molecule has 0 amide bonds. The summed E-state index contributed by atoms with van der Waals surface area (Å²) in [6.45, 7) is 6.41. The van der Waals surface area contributed by atoms with Crippen molar-refractivity contribution in [3.63, 3.8) is 0 Å². The van der Waals surface area contributed by atoms with Gasteiger partial charge in [-0.3, -0.25) is 0 Å². The lowest BCUT2D eigenvalue weighted by atomic mass is 9.98. The fourth-order valence-electron chi connectivity index (χ4n) is 1.92. The third-order valence-electron chi connectivity index (χ3n) is 3.23. The summed E-state index contributed by atoms with van der Waals surface area (Å²) in [5.74, 6) is 1.45. The van der Waals surface area contributed by atoms with E-state index in [1.54, 1.807) is 31.0 Å². The standard InChI is InChI=1S/C19H22FNOS/c1-19(2,3)18(21-16-9-7-15(20)8-10-16)23-13-14-5-11-17(22-4)12-6-14/h5-12H,13H2,1-4H3/b21-18-. The molecule has 23 heavy (non-hydrogen) atoms. The molecule has 122 valence electrons. The molecule has 0 atom stereocenters. The Morgan fingerprint density at radius 1 is 1.04 bits per heavy atom. The highest BCUT2D eigenvalue weighted by Gasteiger charge is 2.20. The van der Waals surface area contributed by atoms with E-state index in [2.05, 4.69) is 32.9 Å². The summed E-state index contributed by atoms with van der Waals surface area (Å²) < 4.78 is 18.2. The molecule has 0 aliphatic carbocycles. The van der Waals surface area contributed by atoms with Crippen LogP contribution in [0.15, 0.2) is 53.5 Å². The number of methoxy groups -OCH3 is 1. The van der Waals surface area contributed by atoms with Gasteiger partial charge in [-0.1, -0.05) is 32.9 Å². The molecule has 0 saturated heterocycles. The number of thioether (sulfide) groups is 1. The molecule has 0 fully saturated rings. The minimum Gasteiger partial charge on any atom is -0.497 e. The van der Waals surface area contributed by atoms with Crippen molar-refractivity contribution in [2.24, 2.45) is 10.4 Å². The van der Waals surface area contributed by atoms with Crippen LogP contribution in [0.2, 0.25) is 0 Å². The van der Waals surface area contributed by atoms with Crippen LogP contribution in [-0.4, -0.2) is 12.2 Å². The van der Waals surface area contributed by atoms with Gasteiger partial charge in [0.15, 0.2) is 0 Å². The van der Waals surface area contributed by atoms with Crippen molar-refractivity contribution in [1.82, 2.24) is 0 Å². The highest BCUT2D eigenvalue weighted by molar-refractivity contribution is 8.13. The maximum Gasteiger partial charge on any atom is 0.123 e. The van der Waals surface area contributed by atoms with Gasteiger partial charge < -0.3 is 4.74 Å². The van der Waals surface area contributed by atoms with Gasteiger partial charge in [0.1, 0.15) is 11.6 Å². The summed E-state index contributed by atoms with van der Waals surface area (Å²) in [6, 6.07) is 14.3. The van der Waals surface area contributed by atoms with E-state index in [1.807, 2.05) is 12.1 Å². The van der Waals surface area contributed by atoms with Crippen LogP contribution in [0.4, 0.5) is 10.1 Å². The monoisotopic (exact) mass is 331 g/mol. The lowest BCUT2D eigenvalue weighted by molar-refractivity contribution is 0.414. The van der Waals surface area contributed by atoms with Crippen LogP contribution in [0.25, 0.3) is 0 Å². The van der Waals surface area contributed by atoms with Gasteiger partial charge in [0, 0.05) is 11.2 Å². The van der Waals surface area contributed by atoms with Crippen LogP contribution in [0.3, 0.4) is 0 Å². The Morgan fingerprint density at radius 2 is 1.65 bits per heavy atom. The van der Waals surface area contributed by atoms with Crippen molar-refractivity contribution in [3.8, 4) is 5.75 Å². The Bertz CT molecular complexity index is 657. The molecule has 0 aliphatic rings. The third-order valence-corrected chi connectivity index (χ3v) is 4.69. The number of halogens is 1. The summed E-state index contributed by atoms with van der Waals surface area (Å²) in [7, 11) is 1.66. The van der Waals surface area contributed by atoms with E-state index in [9.17, 15) is 4.39 Å². The number of ether oxygens (including phenoxy) is 1. The summed E-state index contributed by atoms with van der Waals surface area (Å²) in [5, 5.41) is 1.03. The van der Waals surface area contributed by atoms with Gasteiger partial charge in [-0.2, -0.15) is 0 Å². The second-order valence-electron chi connectivity index (χ2n) is 6.28. The zero-order valence-corrected chi connectivity index (χ0v) is 14.8. The number of hydrogen-bond donors (Lipinski definition) is 0. The number of hydrogen-bond acceptors (Lipinski definition) is 3. The number of aliphatic imine (C=N–C) groups is 1. The molecule has 0 aromatic heterocycles. The van der Waals surface area contributed by atoms with E-state index in [1.165, 1.54) is 17.7 Å². The number of benzene rings is 2. The van der Waals surface area contributed by atoms with Crippen molar-refractivity contribution in [2.45, 2.75) is 26.5 Å². The van der Waals surface area contributed by atoms with Gasteiger partial charge in [0.25, 0.3) is 0 Å². The van der Waals surface area contributed by atoms with Gasteiger partial charge in [-0.05, 0) is 42.0 Å². The Labute approximate surface area is 141 Å². The van der Waals surface area contributed by atoms with Gasteiger partial charge in [-0.15, -0.1) is 11.8 Å². The lowest BCUT2D eigenvalue weighted by Gasteiger charge is -2.21. The first-order valence-corrected chi connectivity index (χ1v) is 8.47. The molecule has 0 N–H and O–H groups in total. The van der Waals surface area contributed by atoms with E-state index < -0.39 is 0 Å². The molecule has 0 unspecified atom stereocenters. The zero-order valence-electron chi connectivity index (χ0n) is 14.0. The summed E-state index contributed by atoms with van der Waals surface area (Å²) in [5.41, 5.74) is 1.93. The predicted octanol–water partition coefficient (Wildman–Crippen LogP) is 5.84. The molecule has 0 radical (unpaired) electrons. The van der Waals surface area contributed by atoms with E-state index in [4.69, 9.17) is 9.73 Å². The van der Waals surface area contributed by atoms with Crippen molar-refractivity contribution in [2.75, 3.05) is 7.11 Å². The van der Waals surface area contributed by atoms with Crippen LogP contribution < -0.4 is 4.74 Å². The molecular formula is C19H22FNOS. The fourth-order valence-corrected chi connectivity index (χ4v) is 3.02. The van der Waals surface area contributed by atoms with Crippen LogP contribution in [0.5, 0.6) is 5.75 Å². The topological polar surface area (TPSA) is 21.6 Å². The van der Waals surface area contributed by atoms with Gasteiger partial charge >= 0.3 is 0 Å². The molecular weight excluding hydrogens is 309 g/mol. The molecule has 0 spiro atoms. The predicted molar refractivity (Wildman–Crippen MR) is 97.2 cm³/mol. The summed E-state index contributed by atoms with van der Waals surface area (Å²) >= 11 is 1.71. The average molecular weight is 331 g/mol. The quantitative estimate of drug-likeness (QED) is 0.518. The molecule has 0 heterocycles. The molecule has 4 heteroatoms. The van der Waals surface area contributed by atoms with Gasteiger partial charge in [0.2, 0.25) is 0 Å².